The molecular formula is C12H14F2N6O4S2. The zero-order chi connectivity index (χ0) is 19.7. The van der Waals surface area contributed by atoms with Crippen molar-refractivity contribution in [3.8, 4) is 0 Å². The summed E-state index contributed by atoms with van der Waals surface area (Å²) in [6.45, 7) is 0. The number of hydrazone groups is 1. The molecule has 0 radical (unpaired) electrons. The molecule has 1 heterocycles. The fourth-order valence-electron chi connectivity index (χ4n) is 1.61. The molecule has 1 aromatic carbocycles. The van der Waals surface area contributed by atoms with Crippen molar-refractivity contribution in [3.63, 3.8) is 0 Å². The Balaban J connectivity index is 2.30. The number of benzene rings is 1. The number of aromatic nitrogens is 3. The average Bonchev–Trinajstić information content (AvgIpc) is 3.02. The predicted octanol–water partition coefficient (Wildman–Crippen LogP) is -0.135. The lowest BCUT2D eigenvalue weighted by molar-refractivity contribution is 0.481. The standard InChI is InChI=1S/C12H14F2N6O4S2/c1-18(2)26(23,24)20-8-15-12(17-20)25(21,22)19(3)16-7-9-4-10(13)6-11(14)5-9/h4-8H,1-3H3/b16-7+. The zero-order valence-corrected chi connectivity index (χ0v) is 15.4. The van der Waals surface area contributed by atoms with Gasteiger partial charge in [0.05, 0.1) is 6.21 Å². The van der Waals surface area contributed by atoms with Crippen LogP contribution in [0.4, 0.5) is 8.78 Å². The highest BCUT2D eigenvalue weighted by molar-refractivity contribution is 7.89. The molecule has 26 heavy (non-hydrogen) atoms. The third-order valence-corrected chi connectivity index (χ3v) is 5.99. The molecule has 10 nitrogen and oxygen atoms in total. The maximum atomic E-state index is 13.1. The molecule has 0 atom stereocenters. The third kappa shape index (κ3) is 4.03. The minimum atomic E-state index is -4.37. The van der Waals surface area contributed by atoms with Crippen LogP contribution < -0.4 is 0 Å². The van der Waals surface area contributed by atoms with Crippen LogP contribution in [-0.4, -0.2) is 67.1 Å². The summed E-state index contributed by atoms with van der Waals surface area (Å²) in [7, 11) is -4.91. The van der Waals surface area contributed by atoms with E-state index in [2.05, 4.69) is 15.2 Å². The van der Waals surface area contributed by atoms with E-state index in [9.17, 15) is 25.6 Å². The number of hydrogen-bond acceptors (Lipinski definition) is 7. The fourth-order valence-corrected chi connectivity index (χ4v) is 3.12. The van der Waals surface area contributed by atoms with E-state index < -0.39 is 37.0 Å². The molecular weight excluding hydrogens is 394 g/mol. The van der Waals surface area contributed by atoms with Gasteiger partial charge in [-0.2, -0.15) is 30.7 Å². The first-order valence-corrected chi connectivity index (χ1v) is 9.62. The van der Waals surface area contributed by atoms with Crippen LogP contribution in [0.5, 0.6) is 0 Å². The number of halogens is 2. The summed E-state index contributed by atoms with van der Waals surface area (Å²) in [4.78, 5) is 3.46. The number of rotatable bonds is 6. The Hall–Kier alpha value is -2.45. The van der Waals surface area contributed by atoms with Crippen LogP contribution in [0.1, 0.15) is 5.56 Å². The van der Waals surface area contributed by atoms with Gasteiger partial charge in [-0.05, 0) is 12.1 Å². The van der Waals surface area contributed by atoms with Gasteiger partial charge in [0.25, 0.3) is 5.16 Å². The second-order valence-corrected chi connectivity index (χ2v) is 8.92. The van der Waals surface area contributed by atoms with Crippen LogP contribution >= 0.6 is 0 Å². The summed E-state index contributed by atoms with van der Waals surface area (Å²) < 4.78 is 76.3. The Bertz CT molecular complexity index is 1030. The Labute approximate surface area is 148 Å². The fraction of sp³-hybridized carbons (Fsp3) is 0.250. The molecule has 0 saturated carbocycles. The van der Waals surface area contributed by atoms with Gasteiger partial charge in [-0.15, -0.1) is 9.19 Å². The van der Waals surface area contributed by atoms with Crippen LogP contribution in [0.25, 0.3) is 0 Å². The maximum Gasteiger partial charge on any atom is 0.323 e. The maximum absolute atomic E-state index is 13.1. The summed E-state index contributed by atoms with van der Waals surface area (Å²) in [6, 6.07) is 2.55. The SMILES string of the molecule is CN(/N=C/c1cc(F)cc(F)c1)S(=O)(=O)c1ncn(S(=O)(=O)N(C)C)n1. The van der Waals surface area contributed by atoms with Gasteiger partial charge in [0.15, 0.2) is 0 Å². The molecule has 0 aliphatic heterocycles. The van der Waals surface area contributed by atoms with E-state index in [0.717, 1.165) is 36.0 Å². The molecule has 0 amide bonds. The van der Waals surface area contributed by atoms with Gasteiger partial charge in [-0.1, -0.05) is 0 Å². The quantitative estimate of drug-likeness (QED) is 0.485. The van der Waals surface area contributed by atoms with Crippen LogP contribution in [0.2, 0.25) is 0 Å². The summed E-state index contributed by atoms with van der Waals surface area (Å²) >= 11 is 0. The smallest absolute Gasteiger partial charge is 0.207 e. The van der Waals surface area contributed by atoms with E-state index in [1.165, 1.54) is 14.1 Å². The lowest BCUT2D eigenvalue weighted by atomic mass is 10.2. The van der Waals surface area contributed by atoms with Gasteiger partial charge in [-0.25, -0.2) is 13.8 Å². The molecule has 0 saturated heterocycles. The van der Waals surface area contributed by atoms with Crippen molar-refractivity contribution < 1.29 is 25.6 Å². The number of hydrogen-bond donors (Lipinski definition) is 0. The van der Waals surface area contributed by atoms with Gasteiger partial charge >= 0.3 is 20.2 Å². The van der Waals surface area contributed by atoms with Gasteiger partial charge in [-0.3, -0.25) is 0 Å². The normalized spacial score (nSPS) is 12.8. The van der Waals surface area contributed by atoms with Crippen molar-refractivity contribution in [1.82, 2.24) is 22.9 Å². The predicted molar refractivity (Wildman–Crippen MR) is 86.9 cm³/mol. The molecule has 0 aliphatic rings. The Morgan fingerprint density at radius 1 is 1.08 bits per heavy atom. The van der Waals surface area contributed by atoms with E-state index in [1.807, 2.05) is 0 Å². The van der Waals surface area contributed by atoms with Gasteiger partial charge in [0.2, 0.25) is 0 Å². The van der Waals surface area contributed by atoms with Crippen LogP contribution in [-0.2, 0) is 20.2 Å². The van der Waals surface area contributed by atoms with Crippen molar-refractivity contribution in [2.24, 2.45) is 5.10 Å². The van der Waals surface area contributed by atoms with Crippen molar-refractivity contribution in [3.05, 3.63) is 41.7 Å². The highest BCUT2D eigenvalue weighted by Gasteiger charge is 2.27. The molecule has 2 aromatic rings. The minimum absolute atomic E-state index is 0.0155. The van der Waals surface area contributed by atoms with Crippen molar-refractivity contribution in [2.45, 2.75) is 5.16 Å². The first kappa shape index (κ1) is 19.9. The van der Waals surface area contributed by atoms with Crippen LogP contribution in [0.3, 0.4) is 0 Å². The summed E-state index contributed by atoms with van der Waals surface area (Å²) in [5.74, 6) is -1.71. The second kappa shape index (κ2) is 7.05. The van der Waals surface area contributed by atoms with E-state index in [-0.39, 0.29) is 5.56 Å². The molecule has 0 unspecified atom stereocenters. The molecule has 0 spiro atoms. The van der Waals surface area contributed by atoms with E-state index in [0.29, 0.717) is 14.6 Å². The molecule has 1 aromatic heterocycles. The van der Waals surface area contributed by atoms with Crippen molar-refractivity contribution in [2.75, 3.05) is 21.1 Å². The second-order valence-electron chi connectivity index (χ2n) is 5.08. The Morgan fingerprint density at radius 2 is 1.65 bits per heavy atom. The molecule has 2 rings (SSSR count). The zero-order valence-electron chi connectivity index (χ0n) is 13.8. The Kier molecular flexibility index (Phi) is 5.39. The minimum Gasteiger partial charge on any atom is -0.207 e. The van der Waals surface area contributed by atoms with Crippen molar-refractivity contribution in [1.29, 1.82) is 0 Å². The molecule has 0 bridgehead atoms. The largest absolute Gasteiger partial charge is 0.323 e. The van der Waals surface area contributed by atoms with E-state index in [1.54, 1.807) is 0 Å². The average molecular weight is 408 g/mol. The lowest BCUT2D eigenvalue weighted by Gasteiger charge is -2.11. The number of sulfonamides is 1. The monoisotopic (exact) mass is 408 g/mol. The van der Waals surface area contributed by atoms with Crippen LogP contribution in [0.15, 0.2) is 34.8 Å². The molecule has 142 valence electrons. The summed E-state index contributed by atoms with van der Waals surface area (Å²) in [5, 5.41) is 6.19. The van der Waals surface area contributed by atoms with Gasteiger partial charge < -0.3 is 0 Å². The van der Waals surface area contributed by atoms with Crippen LogP contribution in [0, 0.1) is 11.6 Å². The lowest BCUT2D eigenvalue weighted by Crippen LogP contribution is -2.30. The Morgan fingerprint density at radius 3 is 2.19 bits per heavy atom. The summed E-state index contributed by atoms with van der Waals surface area (Å²) in [5.41, 5.74) is -0.0155. The number of nitrogens with zero attached hydrogens (tertiary/aromatic N) is 6. The molecule has 0 N–H and O–H groups in total. The molecule has 0 fully saturated rings. The van der Waals surface area contributed by atoms with E-state index in [4.69, 9.17) is 0 Å². The van der Waals surface area contributed by atoms with E-state index >= 15 is 0 Å². The highest BCUT2D eigenvalue weighted by Crippen LogP contribution is 2.11. The molecule has 14 heteroatoms. The third-order valence-electron chi connectivity index (χ3n) is 2.98. The van der Waals surface area contributed by atoms with Gasteiger partial charge in [0.1, 0.15) is 18.0 Å². The first-order valence-electron chi connectivity index (χ1n) is 6.78. The topological polar surface area (TPSA) is 118 Å². The highest BCUT2D eigenvalue weighted by atomic mass is 32.2. The summed E-state index contributed by atoms with van der Waals surface area (Å²) in [6.07, 6.45) is 1.64. The van der Waals surface area contributed by atoms with Crippen molar-refractivity contribution >= 4 is 26.4 Å². The first-order chi connectivity index (χ1) is 11.9. The molecule has 0 aliphatic carbocycles. The van der Waals surface area contributed by atoms with Gasteiger partial charge in [0, 0.05) is 32.8 Å².